The summed E-state index contributed by atoms with van der Waals surface area (Å²) in [6, 6.07) is 10.4. The summed E-state index contributed by atoms with van der Waals surface area (Å²) >= 11 is 0. The first-order valence-electron chi connectivity index (χ1n) is 14.3. The summed E-state index contributed by atoms with van der Waals surface area (Å²) in [7, 11) is -0.910. The van der Waals surface area contributed by atoms with Crippen molar-refractivity contribution in [1.82, 2.24) is 14.9 Å². The molecule has 0 radical (unpaired) electrons. The number of aliphatic hydroxyl groups is 1. The number of nitrogens with zero attached hydrogens (tertiary/aromatic N) is 5. The van der Waals surface area contributed by atoms with Crippen molar-refractivity contribution in [2.45, 2.75) is 70.4 Å². The summed E-state index contributed by atoms with van der Waals surface area (Å²) in [5.74, 6) is -0.454. The monoisotopic (exact) mass is 629 g/mol. The Labute approximate surface area is 258 Å². The molecule has 1 N–H and O–H groups in total. The fraction of sp³-hybridized carbons (Fsp3) is 0.452. The second kappa shape index (κ2) is 13.3. The van der Waals surface area contributed by atoms with Gasteiger partial charge in [-0.1, -0.05) is 12.1 Å². The summed E-state index contributed by atoms with van der Waals surface area (Å²) < 4.78 is 54.0. The number of carbonyl (C=O) groups excluding carboxylic acids is 1. The molecular weight excluding hydrogens is 589 g/mol. The van der Waals surface area contributed by atoms with Crippen LogP contribution in [0.3, 0.4) is 0 Å². The molecule has 1 aliphatic heterocycles. The molecule has 238 valence electrons. The van der Waals surface area contributed by atoms with Crippen LogP contribution in [0.1, 0.15) is 50.3 Å². The van der Waals surface area contributed by atoms with Crippen LogP contribution in [0.15, 0.2) is 53.7 Å². The number of aliphatic hydroxyl groups excluding tert-OH is 1. The van der Waals surface area contributed by atoms with E-state index in [0.29, 0.717) is 48.4 Å². The van der Waals surface area contributed by atoms with Gasteiger partial charge in [-0.3, -0.25) is 0 Å². The predicted octanol–water partition coefficient (Wildman–Crippen LogP) is 4.66. The van der Waals surface area contributed by atoms with E-state index in [0.717, 1.165) is 16.1 Å². The highest BCUT2D eigenvalue weighted by Gasteiger charge is 2.32. The summed E-state index contributed by atoms with van der Waals surface area (Å²) in [6.07, 6.45) is 2.61. The molecule has 13 heteroatoms. The third kappa shape index (κ3) is 7.56. The lowest BCUT2D eigenvalue weighted by Gasteiger charge is -2.38. The number of aryl methyl sites for hydroxylation is 1. The number of likely N-dealkylation sites (tertiary alicyclic amines) is 1. The first-order chi connectivity index (χ1) is 20.7. The Balaban J connectivity index is 1.59. The molecule has 1 saturated heterocycles. The number of sulfonamides is 1. The summed E-state index contributed by atoms with van der Waals surface area (Å²) in [6.45, 7) is 7.82. The van der Waals surface area contributed by atoms with Gasteiger partial charge in [0.1, 0.15) is 17.2 Å². The van der Waals surface area contributed by atoms with Gasteiger partial charge in [0.05, 0.1) is 32.1 Å². The van der Waals surface area contributed by atoms with Crippen LogP contribution >= 0.6 is 0 Å². The Morgan fingerprint density at radius 2 is 1.84 bits per heavy atom. The number of hydrogen-bond acceptors (Lipinski definition) is 9. The van der Waals surface area contributed by atoms with E-state index >= 15 is 0 Å². The lowest BCUT2D eigenvalue weighted by Crippen LogP contribution is -2.47. The van der Waals surface area contributed by atoms with E-state index < -0.39 is 21.6 Å². The zero-order chi connectivity index (χ0) is 32.2. The maximum absolute atomic E-state index is 14.2. The molecule has 0 unspecified atom stereocenters. The third-order valence-electron chi connectivity index (χ3n) is 7.51. The molecule has 1 aliphatic rings. The molecular formula is C31H40FN5O6S. The summed E-state index contributed by atoms with van der Waals surface area (Å²) in [4.78, 5) is 24.4. The summed E-state index contributed by atoms with van der Waals surface area (Å²) in [5, 5.41) is 9.73. The Kier molecular flexibility index (Phi) is 9.99. The molecule has 1 aromatic carbocycles. The zero-order valence-corrected chi connectivity index (χ0v) is 26.8. The van der Waals surface area contributed by atoms with Crippen LogP contribution in [0.25, 0.3) is 0 Å². The lowest BCUT2D eigenvalue weighted by molar-refractivity contribution is 0.0205. The number of carbonyl (C=O) groups is 1. The molecule has 0 aliphatic carbocycles. The quantitative estimate of drug-likeness (QED) is 0.337. The van der Waals surface area contributed by atoms with E-state index in [1.165, 1.54) is 31.5 Å². The van der Waals surface area contributed by atoms with Crippen LogP contribution in [-0.4, -0.2) is 73.4 Å². The van der Waals surface area contributed by atoms with Crippen LogP contribution in [0.4, 0.5) is 20.7 Å². The highest BCUT2D eigenvalue weighted by Crippen LogP contribution is 2.30. The molecule has 11 nitrogen and oxygen atoms in total. The largest absolute Gasteiger partial charge is 0.497 e. The van der Waals surface area contributed by atoms with Crippen molar-refractivity contribution in [3.05, 3.63) is 71.3 Å². The van der Waals surface area contributed by atoms with Gasteiger partial charge in [-0.2, -0.15) is 12.8 Å². The number of anilines is 2. The normalized spacial score (nSPS) is 14.3. The molecule has 0 saturated carbocycles. The first-order valence-corrected chi connectivity index (χ1v) is 15.8. The zero-order valence-electron chi connectivity index (χ0n) is 25.9. The maximum Gasteiger partial charge on any atom is 0.410 e. The van der Waals surface area contributed by atoms with Gasteiger partial charge in [0.15, 0.2) is 5.03 Å². The van der Waals surface area contributed by atoms with Crippen molar-refractivity contribution in [3.8, 4) is 5.75 Å². The van der Waals surface area contributed by atoms with E-state index in [1.54, 1.807) is 30.0 Å². The van der Waals surface area contributed by atoms with Gasteiger partial charge >= 0.3 is 6.09 Å². The number of pyridine rings is 2. The number of benzene rings is 1. The van der Waals surface area contributed by atoms with Gasteiger partial charge in [-0.05, 0) is 87.6 Å². The molecule has 1 amide bonds. The lowest BCUT2D eigenvalue weighted by atomic mass is 10.0. The molecule has 3 heterocycles. The van der Waals surface area contributed by atoms with Gasteiger partial charge in [0, 0.05) is 26.2 Å². The number of aromatic nitrogens is 2. The fourth-order valence-corrected chi connectivity index (χ4v) is 6.51. The number of amides is 1. The molecule has 1 fully saturated rings. The van der Waals surface area contributed by atoms with Crippen molar-refractivity contribution in [1.29, 1.82) is 0 Å². The number of ether oxygens (including phenoxy) is 2. The number of piperidine rings is 1. The number of methoxy groups -OCH3 is 1. The number of rotatable bonds is 9. The SMILES string of the molecule is COc1ccc(CN(c2cccc(F)n2)S(=O)(=O)c2cc(C)c(N(C)C3CCN(C(=O)OC(C)(C)C)CC3)cn2)c(CO)c1. The third-order valence-corrected chi connectivity index (χ3v) is 9.16. The van der Waals surface area contributed by atoms with Crippen molar-refractivity contribution in [2.24, 2.45) is 0 Å². The van der Waals surface area contributed by atoms with Crippen LogP contribution in [-0.2, 0) is 27.9 Å². The standard InChI is InChI=1S/C31H40FN5O6S/c1-21-16-29(33-18-26(21)35(5)24-12-14-36(15-13-24)30(39)43-31(2,3)4)44(40,41)37(28-9-7-8-27(32)34-28)19-22-10-11-25(42-6)17-23(22)20-38/h7-11,16-18,24,38H,12-15,19-20H2,1-6H3. The minimum Gasteiger partial charge on any atom is -0.497 e. The van der Waals surface area contributed by atoms with Crippen LogP contribution in [0.5, 0.6) is 5.75 Å². The average Bonchev–Trinajstić information content (AvgIpc) is 2.98. The van der Waals surface area contributed by atoms with Crippen LogP contribution < -0.4 is 13.9 Å². The fourth-order valence-electron chi connectivity index (χ4n) is 5.12. The van der Waals surface area contributed by atoms with E-state index in [-0.39, 0.29) is 36.1 Å². The molecule has 2 aromatic heterocycles. The minimum absolute atomic E-state index is 0.108. The van der Waals surface area contributed by atoms with Crippen molar-refractivity contribution >= 4 is 27.6 Å². The second-order valence-electron chi connectivity index (χ2n) is 11.7. The Morgan fingerprint density at radius 1 is 1.14 bits per heavy atom. The number of halogens is 1. The Hall–Kier alpha value is -3.97. The molecule has 0 bridgehead atoms. The van der Waals surface area contributed by atoms with E-state index in [1.807, 2.05) is 27.8 Å². The molecule has 44 heavy (non-hydrogen) atoms. The van der Waals surface area contributed by atoms with Crippen molar-refractivity contribution in [3.63, 3.8) is 0 Å². The van der Waals surface area contributed by atoms with Crippen LogP contribution in [0.2, 0.25) is 0 Å². The summed E-state index contributed by atoms with van der Waals surface area (Å²) in [5.41, 5.74) is 1.83. The Morgan fingerprint density at radius 3 is 2.43 bits per heavy atom. The smallest absolute Gasteiger partial charge is 0.410 e. The number of hydrogen-bond donors (Lipinski definition) is 1. The van der Waals surface area contributed by atoms with Gasteiger partial charge in [0.25, 0.3) is 10.0 Å². The second-order valence-corrected chi connectivity index (χ2v) is 13.6. The highest BCUT2D eigenvalue weighted by atomic mass is 32.2. The Bertz CT molecular complexity index is 1590. The van der Waals surface area contributed by atoms with Crippen LogP contribution in [0, 0.1) is 12.9 Å². The molecule has 0 atom stereocenters. The van der Waals surface area contributed by atoms with Crippen molar-refractivity contribution in [2.75, 3.05) is 36.5 Å². The van der Waals surface area contributed by atoms with Gasteiger partial charge in [-0.25, -0.2) is 19.1 Å². The molecule has 0 spiro atoms. The minimum atomic E-state index is -4.33. The van der Waals surface area contributed by atoms with Gasteiger partial charge < -0.3 is 24.4 Å². The first kappa shape index (κ1) is 32.9. The van der Waals surface area contributed by atoms with E-state index in [2.05, 4.69) is 14.9 Å². The average molecular weight is 630 g/mol. The van der Waals surface area contributed by atoms with Gasteiger partial charge in [-0.15, -0.1) is 0 Å². The highest BCUT2D eigenvalue weighted by molar-refractivity contribution is 7.92. The topological polar surface area (TPSA) is 125 Å². The van der Waals surface area contributed by atoms with Gasteiger partial charge in [0.2, 0.25) is 5.95 Å². The predicted molar refractivity (Wildman–Crippen MR) is 165 cm³/mol. The maximum atomic E-state index is 14.2. The van der Waals surface area contributed by atoms with Crippen molar-refractivity contribution < 1.29 is 32.2 Å². The molecule has 4 rings (SSSR count). The molecule has 3 aromatic rings. The van der Waals surface area contributed by atoms with E-state index in [9.17, 15) is 22.7 Å². The van der Waals surface area contributed by atoms with E-state index in [4.69, 9.17) is 9.47 Å².